The Labute approximate surface area is 204 Å². The number of nitrogens with one attached hydrogen (secondary N) is 1. The molecule has 0 spiro atoms. The number of benzene rings is 2. The van der Waals surface area contributed by atoms with Gasteiger partial charge in [0.05, 0.1) is 0 Å². The highest BCUT2D eigenvalue weighted by molar-refractivity contribution is 9.10. The zero-order valence-corrected chi connectivity index (χ0v) is 21.2. The maximum Gasteiger partial charge on any atom is 0.242 e. The molecule has 0 unspecified atom stereocenters. The zero-order chi connectivity index (χ0) is 22.8. The van der Waals surface area contributed by atoms with Crippen LogP contribution in [0.2, 0.25) is 0 Å². The Morgan fingerprint density at radius 3 is 2.41 bits per heavy atom. The second-order valence-electron chi connectivity index (χ2n) is 8.46. The van der Waals surface area contributed by atoms with Crippen LogP contribution in [0.15, 0.2) is 59.1 Å². The highest BCUT2D eigenvalue weighted by Gasteiger charge is 2.27. The maximum absolute atomic E-state index is 13.2. The molecule has 4 nitrogen and oxygen atoms in total. The molecule has 2 aromatic rings. The molecular weight excluding hydrogens is 484 g/mol. The predicted molar refractivity (Wildman–Crippen MR) is 136 cm³/mol. The van der Waals surface area contributed by atoms with Crippen LogP contribution in [0, 0.1) is 0 Å². The molecule has 0 aromatic heterocycles. The molecule has 1 aliphatic rings. The molecule has 3 rings (SSSR count). The van der Waals surface area contributed by atoms with Crippen LogP contribution >= 0.6 is 27.7 Å². The molecule has 1 saturated carbocycles. The fourth-order valence-corrected chi connectivity index (χ4v) is 5.16. The van der Waals surface area contributed by atoms with E-state index in [9.17, 15) is 9.59 Å². The van der Waals surface area contributed by atoms with E-state index in [2.05, 4.69) is 33.4 Å². The average molecular weight is 518 g/mol. The van der Waals surface area contributed by atoms with Gasteiger partial charge in [-0.1, -0.05) is 77.7 Å². The van der Waals surface area contributed by atoms with Gasteiger partial charge in [-0.2, -0.15) is 11.8 Å². The first-order chi connectivity index (χ1) is 15.5. The standard InChI is InChI=1S/C26H33BrN2O2S/c1-20(26(31)28-24-10-6-3-7-11-24)29(18-21-12-14-23(27)15-13-21)25(30)16-17-32-19-22-8-4-2-5-9-22/h2,4-5,8-9,12-15,20,24H,3,6-7,10-11,16-19H2,1H3,(H,28,31)/t20-/m0/s1. The van der Waals surface area contributed by atoms with Crippen LogP contribution in [-0.4, -0.2) is 34.6 Å². The largest absolute Gasteiger partial charge is 0.352 e. The van der Waals surface area contributed by atoms with E-state index >= 15 is 0 Å². The number of carbonyl (C=O) groups is 2. The van der Waals surface area contributed by atoms with Crippen LogP contribution in [0.1, 0.15) is 56.6 Å². The van der Waals surface area contributed by atoms with Gasteiger partial charge >= 0.3 is 0 Å². The van der Waals surface area contributed by atoms with Gasteiger partial charge in [-0.15, -0.1) is 0 Å². The number of rotatable bonds is 10. The lowest BCUT2D eigenvalue weighted by molar-refractivity contribution is -0.140. The Morgan fingerprint density at radius 1 is 1.03 bits per heavy atom. The summed E-state index contributed by atoms with van der Waals surface area (Å²) in [6.07, 6.45) is 6.08. The van der Waals surface area contributed by atoms with Crippen molar-refractivity contribution in [2.24, 2.45) is 0 Å². The first kappa shape index (κ1) is 24.8. The van der Waals surface area contributed by atoms with Gasteiger partial charge in [-0.05, 0) is 43.0 Å². The van der Waals surface area contributed by atoms with Gasteiger partial charge in [-0.25, -0.2) is 0 Å². The van der Waals surface area contributed by atoms with E-state index < -0.39 is 6.04 Å². The summed E-state index contributed by atoms with van der Waals surface area (Å²) in [4.78, 5) is 27.9. The van der Waals surface area contributed by atoms with Crippen LogP contribution < -0.4 is 5.32 Å². The number of amides is 2. The van der Waals surface area contributed by atoms with Gasteiger partial charge in [0, 0.05) is 35.0 Å². The van der Waals surface area contributed by atoms with Crippen molar-refractivity contribution in [1.82, 2.24) is 10.2 Å². The van der Waals surface area contributed by atoms with Gasteiger partial charge in [0.2, 0.25) is 11.8 Å². The summed E-state index contributed by atoms with van der Waals surface area (Å²) in [6.45, 7) is 2.29. The van der Waals surface area contributed by atoms with E-state index in [1.54, 1.807) is 16.7 Å². The summed E-state index contributed by atoms with van der Waals surface area (Å²) in [5.41, 5.74) is 2.28. The summed E-state index contributed by atoms with van der Waals surface area (Å²) in [6, 6.07) is 18.0. The average Bonchev–Trinajstić information content (AvgIpc) is 2.82. The number of nitrogens with zero attached hydrogens (tertiary/aromatic N) is 1. The Hall–Kier alpha value is -1.79. The molecule has 172 valence electrons. The van der Waals surface area contributed by atoms with Gasteiger partial charge in [0.1, 0.15) is 6.04 Å². The van der Waals surface area contributed by atoms with Crippen molar-refractivity contribution in [1.29, 1.82) is 0 Å². The molecule has 0 bridgehead atoms. The Balaban J connectivity index is 1.59. The third-order valence-corrected chi connectivity index (χ3v) is 7.52. The molecular formula is C26H33BrN2O2S. The molecule has 0 aliphatic heterocycles. The maximum atomic E-state index is 13.2. The van der Waals surface area contributed by atoms with Gasteiger partial charge in [0.25, 0.3) is 0 Å². The van der Waals surface area contributed by atoms with Crippen LogP contribution in [0.5, 0.6) is 0 Å². The minimum absolute atomic E-state index is 0.0276. The van der Waals surface area contributed by atoms with Crippen molar-refractivity contribution in [3.63, 3.8) is 0 Å². The first-order valence-corrected chi connectivity index (χ1v) is 13.4. The highest BCUT2D eigenvalue weighted by atomic mass is 79.9. The van der Waals surface area contributed by atoms with E-state index in [0.717, 1.165) is 34.4 Å². The number of hydrogen-bond acceptors (Lipinski definition) is 3. The lowest BCUT2D eigenvalue weighted by atomic mass is 9.95. The minimum Gasteiger partial charge on any atom is -0.352 e. The van der Waals surface area contributed by atoms with Crippen molar-refractivity contribution in [3.8, 4) is 0 Å². The lowest BCUT2D eigenvalue weighted by Gasteiger charge is -2.31. The smallest absolute Gasteiger partial charge is 0.242 e. The molecule has 1 aliphatic carbocycles. The minimum atomic E-state index is -0.493. The number of carbonyl (C=O) groups excluding carboxylic acids is 2. The lowest BCUT2D eigenvalue weighted by Crippen LogP contribution is -2.50. The second-order valence-corrected chi connectivity index (χ2v) is 10.5. The fraction of sp³-hybridized carbons (Fsp3) is 0.462. The summed E-state index contributed by atoms with van der Waals surface area (Å²) >= 11 is 5.22. The molecule has 2 aromatic carbocycles. The van der Waals surface area contributed by atoms with E-state index in [0.29, 0.717) is 13.0 Å². The van der Waals surface area contributed by atoms with E-state index in [4.69, 9.17) is 0 Å². The molecule has 1 fully saturated rings. The van der Waals surface area contributed by atoms with Gasteiger partial charge in [-0.3, -0.25) is 9.59 Å². The molecule has 2 amide bonds. The molecule has 1 atom stereocenters. The van der Waals surface area contributed by atoms with Crippen LogP contribution in [-0.2, 0) is 21.9 Å². The highest BCUT2D eigenvalue weighted by Crippen LogP contribution is 2.20. The van der Waals surface area contributed by atoms with Crippen LogP contribution in [0.4, 0.5) is 0 Å². The topological polar surface area (TPSA) is 49.4 Å². The van der Waals surface area contributed by atoms with Gasteiger partial charge in [0.15, 0.2) is 0 Å². The molecule has 32 heavy (non-hydrogen) atoms. The SMILES string of the molecule is C[C@@H](C(=O)NC1CCCCC1)N(Cc1ccc(Br)cc1)C(=O)CCSCc1ccccc1. The Morgan fingerprint density at radius 2 is 1.72 bits per heavy atom. The number of hydrogen-bond donors (Lipinski definition) is 1. The van der Waals surface area contributed by atoms with Crippen molar-refractivity contribution < 1.29 is 9.59 Å². The first-order valence-electron chi connectivity index (χ1n) is 11.5. The van der Waals surface area contributed by atoms with Gasteiger partial charge < -0.3 is 10.2 Å². The summed E-state index contributed by atoms with van der Waals surface area (Å²) in [5, 5.41) is 3.19. The molecule has 6 heteroatoms. The summed E-state index contributed by atoms with van der Waals surface area (Å²) in [5.74, 6) is 1.61. The predicted octanol–water partition coefficient (Wildman–Crippen LogP) is 5.94. The summed E-state index contributed by atoms with van der Waals surface area (Å²) < 4.78 is 1.000. The van der Waals surface area contributed by atoms with E-state index in [-0.39, 0.29) is 17.9 Å². The van der Waals surface area contributed by atoms with Crippen molar-refractivity contribution in [3.05, 3.63) is 70.2 Å². The summed E-state index contributed by atoms with van der Waals surface area (Å²) in [7, 11) is 0. The Kier molecular flexibility index (Phi) is 10.1. The van der Waals surface area contributed by atoms with Crippen LogP contribution in [0.25, 0.3) is 0 Å². The third-order valence-electron chi connectivity index (χ3n) is 5.96. The van der Waals surface area contributed by atoms with E-state index in [1.165, 1.54) is 24.8 Å². The number of thioether (sulfide) groups is 1. The van der Waals surface area contributed by atoms with Crippen molar-refractivity contribution in [2.75, 3.05) is 5.75 Å². The molecule has 0 heterocycles. The molecule has 0 saturated heterocycles. The second kappa shape index (κ2) is 13.0. The molecule has 1 N–H and O–H groups in total. The normalized spacial score (nSPS) is 15.2. The number of halogens is 1. The quantitative estimate of drug-likeness (QED) is 0.397. The third kappa shape index (κ3) is 7.96. The Bertz CT molecular complexity index is 854. The van der Waals surface area contributed by atoms with Crippen molar-refractivity contribution >= 4 is 39.5 Å². The monoisotopic (exact) mass is 516 g/mol. The van der Waals surface area contributed by atoms with Crippen LogP contribution in [0.3, 0.4) is 0 Å². The molecule has 0 radical (unpaired) electrons. The van der Waals surface area contributed by atoms with Crippen molar-refractivity contribution in [2.45, 2.75) is 69.8 Å². The fourth-order valence-electron chi connectivity index (χ4n) is 4.01. The van der Waals surface area contributed by atoms with E-state index in [1.807, 2.05) is 49.4 Å². The zero-order valence-electron chi connectivity index (χ0n) is 18.8.